The standard InChI is InChI=1S/C18H26N2/c1-2-3-12-20-13-16(15-8-4-5-9-17(15)20)18(14-19)10-6-7-11-18/h4-5,8-9,13H,2-3,6-7,10-12,14,19H2,1H3. The molecule has 0 aliphatic heterocycles. The SMILES string of the molecule is CCCCn1cc(C2(CN)CCCC2)c2ccccc21. The molecule has 0 saturated heterocycles. The molecule has 108 valence electrons. The molecule has 1 aromatic heterocycles. The molecule has 1 fully saturated rings. The number of hydrogen-bond acceptors (Lipinski definition) is 1. The second kappa shape index (κ2) is 5.61. The highest BCUT2D eigenvalue weighted by Crippen LogP contribution is 2.43. The van der Waals surface area contributed by atoms with E-state index < -0.39 is 0 Å². The summed E-state index contributed by atoms with van der Waals surface area (Å²) in [5, 5.41) is 1.43. The van der Waals surface area contributed by atoms with Crippen LogP contribution >= 0.6 is 0 Å². The number of aromatic nitrogens is 1. The lowest BCUT2D eigenvalue weighted by atomic mass is 9.79. The van der Waals surface area contributed by atoms with Crippen LogP contribution in [-0.2, 0) is 12.0 Å². The number of benzene rings is 1. The Labute approximate surface area is 122 Å². The fourth-order valence-electron chi connectivity index (χ4n) is 3.82. The van der Waals surface area contributed by atoms with Gasteiger partial charge < -0.3 is 10.3 Å². The third kappa shape index (κ3) is 2.16. The number of fused-ring (bicyclic) bond motifs is 1. The van der Waals surface area contributed by atoms with Crippen molar-refractivity contribution >= 4 is 10.9 Å². The first-order valence-corrected chi connectivity index (χ1v) is 8.09. The summed E-state index contributed by atoms with van der Waals surface area (Å²) < 4.78 is 2.45. The van der Waals surface area contributed by atoms with E-state index >= 15 is 0 Å². The van der Waals surface area contributed by atoms with Crippen molar-refractivity contribution in [2.75, 3.05) is 6.54 Å². The number of aryl methyl sites for hydroxylation is 1. The maximum atomic E-state index is 6.19. The minimum absolute atomic E-state index is 0.233. The lowest BCUT2D eigenvalue weighted by molar-refractivity contribution is 0.454. The zero-order chi connectivity index (χ0) is 14.0. The maximum Gasteiger partial charge on any atom is 0.0483 e. The number of rotatable bonds is 5. The summed E-state index contributed by atoms with van der Waals surface area (Å²) in [6, 6.07) is 8.85. The van der Waals surface area contributed by atoms with Crippen molar-refractivity contribution in [2.24, 2.45) is 5.73 Å². The van der Waals surface area contributed by atoms with Crippen molar-refractivity contribution in [2.45, 2.75) is 57.4 Å². The lowest BCUT2D eigenvalue weighted by Crippen LogP contribution is -2.31. The second-order valence-corrected chi connectivity index (χ2v) is 6.30. The van der Waals surface area contributed by atoms with E-state index in [2.05, 4.69) is 42.0 Å². The Hall–Kier alpha value is -1.28. The van der Waals surface area contributed by atoms with Gasteiger partial charge in [-0.25, -0.2) is 0 Å². The Bertz CT molecular complexity index is 576. The lowest BCUT2D eigenvalue weighted by Gasteiger charge is -2.27. The van der Waals surface area contributed by atoms with Crippen LogP contribution in [0.2, 0.25) is 0 Å². The predicted octanol–water partition coefficient (Wildman–Crippen LogP) is 4.21. The zero-order valence-corrected chi connectivity index (χ0v) is 12.6. The summed E-state index contributed by atoms with van der Waals surface area (Å²) in [7, 11) is 0. The van der Waals surface area contributed by atoms with Gasteiger partial charge in [0.25, 0.3) is 0 Å². The van der Waals surface area contributed by atoms with Gasteiger partial charge in [0.15, 0.2) is 0 Å². The van der Waals surface area contributed by atoms with Crippen molar-refractivity contribution < 1.29 is 0 Å². The molecule has 0 atom stereocenters. The predicted molar refractivity (Wildman–Crippen MR) is 86.0 cm³/mol. The molecule has 0 spiro atoms. The van der Waals surface area contributed by atoms with Crippen molar-refractivity contribution in [3.8, 4) is 0 Å². The quantitative estimate of drug-likeness (QED) is 0.866. The van der Waals surface area contributed by atoms with Crippen LogP contribution in [0, 0.1) is 0 Å². The summed E-state index contributed by atoms with van der Waals surface area (Å²) in [5.74, 6) is 0. The van der Waals surface area contributed by atoms with Crippen LogP contribution in [-0.4, -0.2) is 11.1 Å². The van der Waals surface area contributed by atoms with Gasteiger partial charge in [0.05, 0.1) is 0 Å². The van der Waals surface area contributed by atoms with E-state index in [-0.39, 0.29) is 5.41 Å². The molecule has 1 aliphatic carbocycles. The van der Waals surface area contributed by atoms with Gasteiger partial charge in [-0.15, -0.1) is 0 Å². The molecule has 0 radical (unpaired) electrons. The van der Waals surface area contributed by atoms with Crippen LogP contribution in [0.1, 0.15) is 51.0 Å². The van der Waals surface area contributed by atoms with Crippen LogP contribution in [0.4, 0.5) is 0 Å². The van der Waals surface area contributed by atoms with Crippen molar-refractivity contribution in [3.05, 3.63) is 36.0 Å². The van der Waals surface area contributed by atoms with Gasteiger partial charge in [-0.05, 0) is 30.9 Å². The topological polar surface area (TPSA) is 30.9 Å². The Balaban J connectivity index is 2.10. The van der Waals surface area contributed by atoms with E-state index in [1.165, 1.54) is 55.0 Å². The fraction of sp³-hybridized carbons (Fsp3) is 0.556. The van der Waals surface area contributed by atoms with E-state index in [9.17, 15) is 0 Å². The zero-order valence-electron chi connectivity index (χ0n) is 12.6. The molecule has 1 aromatic carbocycles. The van der Waals surface area contributed by atoms with Crippen LogP contribution in [0.5, 0.6) is 0 Å². The molecule has 2 heteroatoms. The summed E-state index contributed by atoms with van der Waals surface area (Å²) in [6.45, 7) is 4.16. The Kier molecular flexibility index (Phi) is 3.84. The van der Waals surface area contributed by atoms with Crippen molar-refractivity contribution in [1.29, 1.82) is 0 Å². The first kappa shape index (κ1) is 13.7. The Morgan fingerprint density at radius 2 is 1.95 bits per heavy atom. The van der Waals surface area contributed by atoms with Gasteiger partial charge in [0.2, 0.25) is 0 Å². The van der Waals surface area contributed by atoms with Gasteiger partial charge >= 0.3 is 0 Å². The number of unbranched alkanes of at least 4 members (excludes halogenated alkanes) is 1. The minimum atomic E-state index is 0.233. The normalized spacial score (nSPS) is 17.9. The molecule has 2 N–H and O–H groups in total. The summed E-state index contributed by atoms with van der Waals surface area (Å²) in [4.78, 5) is 0. The van der Waals surface area contributed by atoms with Gasteiger partial charge in [-0.3, -0.25) is 0 Å². The van der Waals surface area contributed by atoms with E-state index in [0.29, 0.717) is 0 Å². The third-order valence-electron chi connectivity index (χ3n) is 5.06. The summed E-state index contributed by atoms with van der Waals surface area (Å²) >= 11 is 0. The molecule has 20 heavy (non-hydrogen) atoms. The molecule has 1 heterocycles. The smallest absolute Gasteiger partial charge is 0.0483 e. The monoisotopic (exact) mass is 270 g/mol. The van der Waals surface area contributed by atoms with Crippen LogP contribution in [0.25, 0.3) is 10.9 Å². The maximum absolute atomic E-state index is 6.19. The number of nitrogens with zero attached hydrogens (tertiary/aromatic N) is 1. The molecule has 1 aliphatic rings. The van der Waals surface area contributed by atoms with Crippen LogP contribution in [0.3, 0.4) is 0 Å². The average molecular weight is 270 g/mol. The van der Waals surface area contributed by atoms with Crippen LogP contribution in [0.15, 0.2) is 30.5 Å². The molecular weight excluding hydrogens is 244 g/mol. The number of hydrogen-bond donors (Lipinski definition) is 1. The second-order valence-electron chi connectivity index (χ2n) is 6.30. The van der Waals surface area contributed by atoms with Crippen molar-refractivity contribution in [1.82, 2.24) is 4.57 Å². The van der Waals surface area contributed by atoms with E-state index in [1.54, 1.807) is 0 Å². The Morgan fingerprint density at radius 1 is 1.20 bits per heavy atom. The average Bonchev–Trinajstić information content (AvgIpc) is 3.11. The summed E-state index contributed by atoms with van der Waals surface area (Å²) in [5.41, 5.74) is 9.31. The highest BCUT2D eigenvalue weighted by molar-refractivity contribution is 5.85. The molecule has 0 bridgehead atoms. The Morgan fingerprint density at radius 3 is 2.65 bits per heavy atom. The fourth-order valence-corrected chi connectivity index (χ4v) is 3.82. The van der Waals surface area contributed by atoms with E-state index in [4.69, 9.17) is 5.73 Å². The summed E-state index contributed by atoms with van der Waals surface area (Å²) in [6.07, 6.45) is 10.0. The number of para-hydroxylation sites is 1. The molecular formula is C18H26N2. The molecule has 2 aromatic rings. The first-order valence-electron chi connectivity index (χ1n) is 8.09. The largest absolute Gasteiger partial charge is 0.347 e. The third-order valence-corrected chi connectivity index (χ3v) is 5.06. The van der Waals surface area contributed by atoms with Gasteiger partial charge in [0, 0.05) is 35.6 Å². The van der Waals surface area contributed by atoms with Crippen LogP contribution < -0.4 is 5.73 Å². The minimum Gasteiger partial charge on any atom is -0.347 e. The molecule has 0 amide bonds. The van der Waals surface area contributed by atoms with E-state index in [0.717, 1.165) is 13.1 Å². The first-order chi connectivity index (χ1) is 9.80. The van der Waals surface area contributed by atoms with Gasteiger partial charge in [0.1, 0.15) is 0 Å². The number of nitrogens with two attached hydrogens (primary N) is 1. The highest BCUT2D eigenvalue weighted by Gasteiger charge is 2.36. The van der Waals surface area contributed by atoms with Gasteiger partial charge in [-0.1, -0.05) is 44.4 Å². The molecule has 2 nitrogen and oxygen atoms in total. The van der Waals surface area contributed by atoms with Gasteiger partial charge in [-0.2, -0.15) is 0 Å². The molecule has 1 saturated carbocycles. The van der Waals surface area contributed by atoms with Crippen molar-refractivity contribution in [3.63, 3.8) is 0 Å². The highest BCUT2D eigenvalue weighted by atomic mass is 15.0. The van der Waals surface area contributed by atoms with E-state index in [1.807, 2.05) is 0 Å². The molecule has 0 unspecified atom stereocenters. The molecule has 3 rings (SSSR count).